The molecule has 0 saturated heterocycles. The van der Waals surface area contributed by atoms with Gasteiger partial charge in [0.05, 0.1) is 11.5 Å². The van der Waals surface area contributed by atoms with Gasteiger partial charge in [-0.25, -0.2) is 4.79 Å². The maximum Gasteiger partial charge on any atom is 0.336 e. The molecule has 3 rings (SSSR count). The van der Waals surface area contributed by atoms with Crippen LogP contribution < -0.4 is 15.7 Å². The zero-order valence-corrected chi connectivity index (χ0v) is 17.5. The average Bonchev–Trinajstić information content (AvgIpc) is 2.71. The van der Waals surface area contributed by atoms with Crippen LogP contribution in [0.15, 0.2) is 57.7 Å². The molecule has 0 saturated carbocycles. The van der Waals surface area contributed by atoms with Crippen molar-refractivity contribution in [2.75, 3.05) is 6.54 Å². The summed E-state index contributed by atoms with van der Waals surface area (Å²) in [6.07, 6.45) is -0.0306. The molecule has 0 aliphatic rings. The Balaban J connectivity index is 1.77. The van der Waals surface area contributed by atoms with E-state index in [0.29, 0.717) is 23.1 Å². The number of aliphatic hydroxyl groups is 1. The lowest BCUT2D eigenvalue weighted by Crippen LogP contribution is -2.38. The minimum Gasteiger partial charge on any atom is -0.480 e. The maximum absolute atomic E-state index is 12.5. The van der Waals surface area contributed by atoms with E-state index in [2.05, 4.69) is 5.32 Å². The van der Waals surface area contributed by atoms with Crippen molar-refractivity contribution in [2.45, 2.75) is 45.8 Å². The number of nitrogens with one attached hydrogen (secondary N) is 1. The zero-order chi connectivity index (χ0) is 21.7. The lowest BCUT2D eigenvalue weighted by molar-refractivity contribution is -0.127. The Hall–Kier alpha value is -3.12. The van der Waals surface area contributed by atoms with E-state index in [-0.39, 0.29) is 12.5 Å². The molecule has 0 aliphatic heterocycles. The molecular formula is C24H27NO5. The standard InChI is InChI=1S/C24H27NO5/c1-4-8-18-13-22(27)30-21-12-15(2)11-20(23(18)21)29-16(3)24(28)25-14-19(26)17-9-6-5-7-10-17/h5-7,9-13,16,19,26H,4,8,14H2,1-3H3,(H,25,28)/t16-,19-/m1/s1. The van der Waals surface area contributed by atoms with Crippen molar-refractivity contribution in [3.8, 4) is 5.75 Å². The van der Waals surface area contributed by atoms with Crippen molar-refractivity contribution in [3.63, 3.8) is 0 Å². The molecule has 2 aromatic carbocycles. The van der Waals surface area contributed by atoms with Crippen molar-refractivity contribution in [1.29, 1.82) is 0 Å². The van der Waals surface area contributed by atoms with Crippen molar-refractivity contribution in [1.82, 2.24) is 5.32 Å². The van der Waals surface area contributed by atoms with Crippen molar-refractivity contribution in [2.24, 2.45) is 0 Å². The first-order valence-corrected chi connectivity index (χ1v) is 10.1. The van der Waals surface area contributed by atoms with E-state index in [1.807, 2.05) is 38.1 Å². The predicted molar refractivity (Wildman–Crippen MR) is 116 cm³/mol. The lowest BCUT2D eigenvalue weighted by Gasteiger charge is -2.19. The summed E-state index contributed by atoms with van der Waals surface area (Å²) < 4.78 is 11.4. The van der Waals surface area contributed by atoms with Gasteiger partial charge in [-0.2, -0.15) is 0 Å². The number of amides is 1. The smallest absolute Gasteiger partial charge is 0.336 e. The molecule has 0 fully saturated rings. The normalized spacial score (nSPS) is 13.1. The lowest BCUT2D eigenvalue weighted by atomic mass is 10.0. The first kappa shape index (κ1) is 21.6. The summed E-state index contributed by atoms with van der Waals surface area (Å²) in [5.41, 5.74) is 2.48. The Bertz CT molecular complexity index is 1070. The highest BCUT2D eigenvalue weighted by molar-refractivity contribution is 5.88. The number of aliphatic hydroxyl groups excluding tert-OH is 1. The number of hydrogen-bond donors (Lipinski definition) is 2. The molecule has 1 amide bonds. The van der Waals surface area contributed by atoms with Crippen LogP contribution in [-0.2, 0) is 11.2 Å². The average molecular weight is 409 g/mol. The second-order valence-corrected chi connectivity index (χ2v) is 7.41. The Morgan fingerprint density at radius 1 is 1.20 bits per heavy atom. The third-order valence-electron chi connectivity index (χ3n) is 4.88. The molecule has 1 aromatic heterocycles. The molecule has 6 nitrogen and oxygen atoms in total. The van der Waals surface area contributed by atoms with E-state index in [1.165, 1.54) is 6.07 Å². The molecule has 158 valence electrons. The monoisotopic (exact) mass is 409 g/mol. The Kier molecular flexibility index (Phi) is 6.90. The van der Waals surface area contributed by atoms with Gasteiger partial charge in [0.25, 0.3) is 5.91 Å². The molecule has 0 aliphatic carbocycles. The highest BCUT2D eigenvalue weighted by atomic mass is 16.5. The molecule has 6 heteroatoms. The minimum atomic E-state index is -0.799. The van der Waals surface area contributed by atoms with Gasteiger partial charge in [0, 0.05) is 12.6 Å². The summed E-state index contributed by atoms with van der Waals surface area (Å²) in [5, 5.41) is 13.7. The van der Waals surface area contributed by atoms with Crippen LogP contribution in [-0.4, -0.2) is 23.7 Å². The number of ether oxygens (including phenoxy) is 1. The number of benzene rings is 2. The van der Waals surface area contributed by atoms with Gasteiger partial charge in [0.1, 0.15) is 11.3 Å². The molecule has 3 aromatic rings. The summed E-state index contributed by atoms with van der Waals surface area (Å²) in [6.45, 7) is 5.64. The summed E-state index contributed by atoms with van der Waals surface area (Å²) in [7, 11) is 0. The van der Waals surface area contributed by atoms with E-state index < -0.39 is 17.8 Å². The predicted octanol–water partition coefficient (Wildman–Crippen LogP) is 3.67. The fourth-order valence-corrected chi connectivity index (χ4v) is 3.41. The van der Waals surface area contributed by atoms with Gasteiger partial charge in [0.2, 0.25) is 0 Å². The Labute approximate surface area is 175 Å². The summed E-state index contributed by atoms with van der Waals surface area (Å²) in [6, 6.07) is 14.3. The quantitative estimate of drug-likeness (QED) is 0.554. The van der Waals surface area contributed by atoms with Crippen molar-refractivity contribution < 1.29 is 19.1 Å². The van der Waals surface area contributed by atoms with Crippen LogP contribution in [0.3, 0.4) is 0 Å². The van der Waals surface area contributed by atoms with E-state index in [9.17, 15) is 14.7 Å². The first-order valence-electron chi connectivity index (χ1n) is 10.1. The molecular weight excluding hydrogens is 382 g/mol. The second-order valence-electron chi connectivity index (χ2n) is 7.41. The first-order chi connectivity index (χ1) is 14.4. The fraction of sp³-hybridized carbons (Fsp3) is 0.333. The number of aryl methyl sites for hydroxylation is 2. The van der Waals surface area contributed by atoms with Gasteiger partial charge in [-0.3, -0.25) is 4.79 Å². The van der Waals surface area contributed by atoms with E-state index in [1.54, 1.807) is 25.1 Å². The van der Waals surface area contributed by atoms with Gasteiger partial charge >= 0.3 is 5.63 Å². The third-order valence-corrected chi connectivity index (χ3v) is 4.88. The molecule has 2 N–H and O–H groups in total. The molecule has 0 radical (unpaired) electrons. The van der Waals surface area contributed by atoms with Gasteiger partial charge in [0.15, 0.2) is 6.10 Å². The number of carbonyl (C=O) groups excluding carboxylic acids is 1. The molecule has 2 atom stereocenters. The number of hydrogen-bond acceptors (Lipinski definition) is 5. The number of rotatable bonds is 8. The molecule has 0 bridgehead atoms. The summed E-state index contributed by atoms with van der Waals surface area (Å²) >= 11 is 0. The highest BCUT2D eigenvalue weighted by Gasteiger charge is 2.20. The molecule has 30 heavy (non-hydrogen) atoms. The van der Waals surface area contributed by atoms with Gasteiger partial charge < -0.3 is 19.6 Å². The van der Waals surface area contributed by atoms with Gasteiger partial charge in [-0.15, -0.1) is 0 Å². The Morgan fingerprint density at radius 3 is 2.63 bits per heavy atom. The van der Waals surface area contributed by atoms with Crippen LogP contribution in [0.4, 0.5) is 0 Å². The topological polar surface area (TPSA) is 88.8 Å². The van der Waals surface area contributed by atoms with Crippen molar-refractivity contribution in [3.05, 3.63) is 75.6 Å². The van der Waals surface area contributed by atoms with Gasteiger partial charge in [-0.1, -0.05) is 43.7 Å². The number of fused-ring (bicyclic) bond motifs is 1. The summed E-state index contributed by atoms with van der Waals surface area (Å²) in [5.74, 6) is 0.164. The molecule has 0 unspecified atom stereocenters. The minimum absolute atomic E-state index is 0.0844. The van der Waals surface area contributed by atoms with Crippen LogP contribution in [0.1, 0.15) is 43.1 Å². The Morgan fingerprint density at radius 2 is 1.93 bits per heavy atom. The van der Waals surface area contributed by atoms with Crippen LogP contribution in [0, 0.1) is 6.92 Å². The van der Waals surface area contributed by atoms with Crippen LogP contribution in [0.5, 0.6) is 5.75 Å². The molecule has 0 spiro atoms. The van der Waals surface area contributed by atoms with E-state index in [0.717, 1.165) is 23.1 Å². The van der Waals surface area contributed by atoms with Crippen LogP contribution in [0.2, 0.25) is 0 Å². The van der Waals surface area contributed by atoms with E-state index in [4.69, 9.17) is 9.15 Å². The van der Waals surface area contributed by atoms with Crippen LogP contribution >= 0.6 is 0 Å². The maximum atomic E-state index is 12.5. The highest BCUT2D eigenvalue weighted by Crippen LogP contribution is 2.31. The zero-order valence-electron chi connectivity index (χ0n) is 17.5. The SMILES string of the molecule is CCCc1cc(=O)oc2cc(C)cc(O[C@H](C)C(=O)NC[C@@H](O)c3ccccc3)c12. The van der Waals surface area contributed by atoms with E-state index >= 15 is 0 Å². The summed E-state index contributed by atoms with van der Waals surface area (Å²) in [4.78, 5) is 24.5. The van der Waals surface area contributed by atoms with Crippen LogP contribution in [0.25, 0.3) is 11.0 Å². The third kappa shape index (κ3) is 5.07. The fourth-order valence-electron chi connectivity index (χ4n) is 3.41. The largest absolute Gasteiger partial charge is 0.480 e. The number of carbonyl (C=O) groups is 1. The van der Waals surface area contributed by atoms with Gasteiger partial charge in [-0.05, 0) is 49.1 Å². The molecule has 1 heterocycles. The van der Waals surface area contributed by atoms with Crippen molar-refractivity contribution >= 4 is 16.9 Å². The second kappa shape index (κ2) is 9.59.